The summed E-state index contributed by atoms with van der Waals surface area (Å²) >= 11 is 0. The van der Waals surface area contributed by atoms with E-state index in [4.69, 9.17) is 4.74 Å². The van der Waals surface area contributed by atoms with E-state index in [1.165, 1.54) is 10.5 Å². The molecule has 3 rings (SSSR count). The maximum atomic E-state index is 12.6. The lowest BCUT2D eigenvalue weighted by molar-refractivity contribution is -0.129. The Kier molecular flexibility index (Phi) is 3.92. The number of fused-ring (bicyclic) bond motifs is 1. The van der Waals surface area contributed by atoms with E-state index in [2.05, 4.69) is 6.07 Å². The molecule has 0 spiro atoms. The van der Waals surface area contributed by atoms with Gasteiger partial charge < -0.3 is 9.64 Å². The second-order valence-electron chi connectivity index (χ2n) is 5.67. The van der Waals surface area contributed by atoms with Gasteiger partial charge in [-0.2, -0.15) is 0 Å². The van der Waals surface area contributed by atoms with Crippen LogP contribution in [-0.4, -0.2) is 48.0 Å². The molecule has 5 nitrogen and oxygen atoms in total. The molecule has 1 aromatic rings. The van der Waals surface area contributed by atoms with Crippen molar-refractivity contribution >= 4 is 11.9 Å². The minimum Gasteiger partial charge on any atom is -0.378 e. The van der Waals surface area contributed by atoms with E-state index in [-0.39, 0.29) is 17.9 Å². The highest BCUT2D eigenvalue weighted by Gasteiger charge is 2.32. The van der Waals surface area contributed by atoms with E-state index in [0.717, 1.165) is 5.56 Å². The molecule has 21 heavy (non-hydrogen) atoms. The molecule has 2 heterocycles. The summed E-state index contributed by atoms with van der Waals surface area (Å²) in [5.41, 5.74) is 2.24. The molecule has 5 heteroatoms. The number of carbonyl (C=O) groups excluding carboxylic acids is 2. The highest BCUT2D eigenvalue weighted by atomic mass is 16.5. The molecule has 1 unspecified atom stereocenters. The molecular weight excluding hydrogens is 268 g/mol. The zero-order valence-corrected chi connectivity index (χ0v) is 12.2. The van der Waals surface area contributed by atoms with Gasteiger partial charge in [0.2, 0.25) is 5.91 Å². The molecule has 2 aliphatic heterocycles. The van der Waals surface area contributed by atoms with E-state index in [1.807, 2.05) is 25.1 Å². The zero-order chi connectivity index (χ0) is 14.8. The van der Waals surface area contributed by atoms with Crippen LogP contribution in [-0.2, 0) is 16.1 Å². The van der Waals surface area contributed by atoms with Gasteiger partial charge in [-0.05, 0) is 17.0 Å². The third-order valence-corrected chi connectivity index (χ3v) is 4.21. The number of imide groups is 1. The molecule has 0 bridgehead atoms. The normalized spacial score (nSPS) is 22.7. The molecule has 0 aromatic heterocycles. The Morgan fingerprint density at radius 3 is 2.71 bits per heavy atom. The standard InChI is InChI=1S/C16H20N2O3/c1-12-10-15(19)18(11-13-4-2-3-5-14(12)13)16(20)17-6-8-21-9-7-17/h2-5,12H,6-11H2,1H3. The number of rotatable bonds is 0. The van der Waals surface area contributed by atoms with Crippen molar-refractivity contribution in [2.75, 3.05) is 26.3 Å². The molecule has 0 saturated carbocycles. The maximum absolute atomic E-state index is 12.6. The SMILES string of the molecule is CC1CC(=O)N(C(=O)N2CCOCC2)Cc2ccccc21. The molecule has 0 N–H and O–H groups in total. The number of hydrogen-bond acceptors (Lipinski definition) is 3. The Hall–Kier alpha value is -1.88. The molecule has 112 valence electrons. The van der Waals surface area contributed by atoms with Gasteiger partial charge in [-0.15, -0.1) is 0 Å². The van der Waals surface area contributed by atoms with E-state index in [1.54, 1.807) is 4.90 Å². The lowest BCUT2D eigenvalue weighted by Gasteiger charge is -2.31. The number of hydrogen-bond donors (Lipinski definition) is 0. The summed E-state index contributed by atoms with van der Waals surface area (Å²) in [6.45, 7) is 4.61. The van der Waals surface area contributed by atoms with Crippen LogP contribution in [0.2, 0.25) is 0 Å². The van der Waals surface area contributed by atoms with Gasteiger partial charge in [0.05, 0.1) is 19.8 Å². The van der Waals surface area contributed by atoms with Gasteiger partial charge in [0.1, 0.15) is 0 Å². The number of morpholine rings is 1. The monoisotopic (exact) mass is 288 g/mol. The van der Waals surface area contributed by atoms with E-state index in [0.29, 0.717) is 39.3 Å². The topological polar surface area (TPSA) is 49.9 Å². The average molecular weight is 288 g/mol. The van der Waals surface area contributed by atoms with Gasteiger partial charge in [-0.25, -0.2) is 4.79 Å². The first kappa shape index (κ1) is 14.1. The molecule has 1 fully saturated rings. The van der Waals surface area contributed by atoms with Gasteiger partial charge in [0.25, 0.3) is 0 Å². The highest BCUT2D eigenvalue weighted by Crippen LogP contribution is 2.29. The molecule has 2 aliphatic rings. The molecule has 1 saturated heterocycles. The lowest BCUT2D eigenvalue weighted by Crippen LogP contribution is -2.49. The summed E-state index contributed by atoms with van der Waals surface area (Å²) in [6, 6.07) is 7.81. The van der Waals surface area contributed by atoms with Gasteiger partial charge in [-0.3, -0.25) is 9.69 Å². The smallest absolute Gasteiger partial charge is 0.327 e. The molecule has 3 amide bonds. The van der Waals surface area contributed by atoms with E-state index < -0.39 is 0 Å². The predicted molar refractivity (Wildman–Crippen MR) is 77.8 cm³/mol. The fourth-order valence-electron chi connectivity index (χ4n) is 3.00. The quantitative estimate of drug-likeness (QED) is 0.733. The van der Waals surface area contributed by atoms with Gasteiger partial charge >= 0.3 is 6.03 Å². The number of nitrogens with zero attached hydrogens (tertiary/aromatic N) is 2. The zero-order valence-electron chi connectivity index (χ0n) is 12.2. The summed E-state index contributed by atoms with van der Waals surface area (Å²) < 4.78 is 5.26. The molecule has 0 aliphatic carbocycles. The van der Waals surface area contributed by atoms with Crippen LogP contribution in [0.25, 0.3) is 0 Å². The second kappa shape index (κ2) is 5.85. The summed E-state index contributed by atoms with van der Waals surface area (Å²) in [4.78, 5) is 28.1. The van der Waals surface area contributed by atoms with E-state index >= 15 is 0 Å². The number of urea groups is 1. The average Bonchev–Trinajstić information content (AvgIpc) is 2.64. The first-order valence-electron chi connectivity index (χ1n) is 7.41. The van der Waals surface area contributed by atoms with Crippen molar-refractivity contribution in [1.29, 1.82) is 0 Å². The minimum absolute atomic E-state index is 0.0878. The van der Waals surface area contributed by atoms with Gasteiger partial charge in [0.15, 0.2) is 0 Å². The van der Waals surface area contributed by atoms with Crippen molar-refractivity contribution in [3.63, 3.8) is 0 Å². The Morgan fingerprint density at radius 2 is 1.95 bits per heavy atom. The van der Waals surface area contributed by atoms with Crippen molar-refractivity contribution in [3.05, 3.63) is 35.4 Å². The highest BCUT2D eigenvalue weighted by molar-refractivity contribution is 5.95. The Labute approximate surface area is 124 Å². The summed E-state index contributed by atoms with van der Waals surface area (Å²) in [6.07, 6.45) is 0.382. The van der Waals surface area contributed by atoms with Crippen LogP contribution in [0, 0.1) is 0 Å². The maximum Gasteiger partial charge on any atom is 0.327 e. The van der Waals surface area contributed by atoms with E-state index in [9.17, 15) is 9.59 Å². The molecule has 1 aromatic carbocycles. The summed E-state index contributed by atoms with van der Waals surface area (Å²) in [5, 5.41) is 0. The predicted octanol–water partition coefficient (Wildman–Crippen LogP) is 1.97. The second-order valence-corrected chi connectivity index (χ2v) is 5.67. The number of ether oxygens (including phenoxy) is 1. The van der Waals surface area contributed by atoms with Crippen LogP contribution >= 0.6 is 0 Å². The van der Waals surface area contributed by atoms with Crippen molar-refractivity contribution in [1.82, 2.24) is 9.80 Å². The van der Waals surface area contributed by atoms with Crippen LogP contribution < -0.4 is 0 Å². The van der Waals surface area contributed by atoms with Crippen molar-refractivity contribution < 1.29 is 14.3 Å². The summed E-state index contributed by atoms with van der Waals surface area (Å²) in [5.74, 6) is 0.0615. The van der Waals surface area contributed by atoms with Crippen molar-refractivity contribution in [2.24, 2.45) is 0 Å². The number of benzene rings is 1. The van der Waals surface area contributed by atoms with Crippen LogP contribution in [0.15, 0.2) is 24.3 Å². The van der Waals surface area contributed by atoms with Crippen LogP contribution in [0.3, 0.4) is 0 Å². The lowest BCUT2D eigenvalue weighted by atomic mass is 9.94. The van der Waals surface area contributed by atoms with Crippen LogP contribution in [0.1, 0.15) is 30.4 Å². The fourth-order valence-corrected chi connectivity index (χ4v) is 3.00. The number of amides is 3. The van der Waals surface area contributed by atoms with Gasteiger partial charge in [0, 0.05) is 19.5 Å². The third kappa shape index (κ3) is 2.78. The third-order valence-electron chi connectivity index (χ3n) is 4.21. The van der Waals surface area contributed by atoms with Gasteiger partial charge in [-0.1, -0.05) is 31.2 Å². The Balaban J connectivity index is 1.85. The Morgan fingerprint density at radius 1 is 1.24 bits per heavy atom. The molecule has 0 radical (unpaired) electrons. The van der Waals surface area contributed by atoms with Crippen LogP contribution in [0.5, 0.6) is 0 Å². The summed E-state index contributed by atoms with van der Waals surface area (Å²) in [7, 11) is 0. The molecule has 1 atom stereocenters. The van der Waals surface area contributed by atoms with Crippen molar-refractivity contribution in [2.45, 2.75) is 25.8 Å². The van der Waals surface area contributed by atoms with Crippen LogP contribution in [0.4, 0.5) is 4.79 Å². The number of carbonyl (C=O) groups is 2. The molecular formula is C16H20N2O3. The van der Waals surface area contributed by atoms with Crippen molar-refractivity contribution in [3.8, 4) is 0 Å². The fraction of sp³-hybridized carbons (Fsp3) is 0.500. The first-order chi connectivity index (χ1) is 10.2. The largest absolute Gasteiger partial charge is 0.378 e. The minimum atomic E-state index is -0.188. The first-order valence-corrected chi connectivity index (χ1v) is 7.41. The Bertz CT molecular complexity index is 552.